The van der Waals surface area contributed by atoms with Gasteiger partial charge in [-0.25, -0.2) is 0 Å². The highest BCUT2D eigenvalue weighted by Crippen LogP contribution is 2.28. The van der Waals surface area contributed by atoms with E-state index in [0.29, 0.717) is 5.69 Å². The smallest absolute Gasteiger partial charge is 0.309 e. The number of hydrogen-bond donors (Lipinski definition) is 2. The van der Waals surface area contributed by atoms with E-state index in [1.54, 1.807) is 13.3 Å². The number of methoxy groups -OCH3 is 1. The Morgan fingerprint density at radius 3 is 2.89 bits per heavy atom. The molecule has 1 aromatic heterocycles. The molecule has 2 N–H and O–H groups in total. The van der Waals surface area contributed by atoms with Crippen LogP contribution in [-0.2, 0) is 17.6 Å². The molecule has 0 aliphatic carbocycles. The summed E-state index contributed by atoms with van der Waals surface area (Å²) in [5.74, 6) is -0.0377. The number of ether oxygens (including phenoxy) is 1. The molecule has 0 aliphatic rings. The Labute approximate surface area is 111 Å². The number of nitrogens with zero attached hydrogens (tertiary/aromatic N) is 1. The van der Waals surface area contributed by atoms with Crippen LogP contribution in [0.2, 0.25) is 0 Å². The van der Waals surface area contributed by atoms with Gasteiger partial charge in [0.25, 0.3) is 0 Å². The predicted molar refractivity (Wildman–Crippen MR) is 71.3 cm³/mol. The number of H-pyrrole nitrogens is 1. The summed E-state index contributed by atoms with van der Waals surface area (Å²) in [6, 6.07) is 5.81. The summed E-state index contributed by atoms with van der Waals surface area (Å²) < 4.78 is 5.29. The molecule has 19 heavy (non-hydrogen) atoms. The SMILES string of the molecule is CCc1cc(-c2cn[nH]c2CC(=O)O)ccc1OC. The zero-order valence-electron chi connectivity index (χ0n) is 10.9. The molecule has 1 aromatic carbocycles. The molecular formula is C14H16N2O3. The number of aromatic nitrogens is 2. The second-order valence-corrected chi connectivity index (χ2v) is 4.21. The minimum absolute atomic E-state index is 0.0666. The number of carbonyl (C=O) groups is 1. The highest BCUT2D eigenvalue weighted by molar-refractivity contribution is 5.75. The van der Waals surface area contributed by atoms with Crippen LogP contribution in [0.3, 0.4) is 0 Å². The van der Waals surface area contributed by atoms with Crippen molar-refractivity contribution in [2.75, 3.05) is 7.11 Å². The van der Waals surface area contributed by atoms with Gasteiger partial charge in [0.05, 0.1) is 25.4 Å². The lowest BCUT2D eigenvalue weighted by Gasteiger charge is -2.09. The molecule has 5 nitrogen and oxygen atoms in total. The molecule has 0 fully saturated rings. The Balaban J connectivity index is 2.42. The lowest BCUT2D eigenvalue weighted by molar-refractivity contribution is -0.136. The molecule has 0 radical (unpaired) electrons. The number of benzene rings is 1. The molecule has 0 atom stereocenters. The van der Waals surface area contributed by atoms with Crippen LogP contribution in [0, 0.1) is 0 Å². The third-order valence-corrected chi connectivity index (χ3v) is 3.02. The minimum Gasteiger partial charge on any atom is -0.496 e. The van der Waals surface area contributed by atoms with Gasteiger partial charge in [-0.1, -0.05) is 13.0 Å². The quantitative estimate of drug-likeness (QED) is 0.864. The molecule has 0 saturated heterocycles. The van der Waals surface area contributed by atoms with E-state index >= 15 is 0 Å². The van der Waals surface area contributed by atoms with Crippen LogP contribution in [0.1, 0.15) is 18.2 Å². The van der Waals surface area contributed by atoms with Gasteiger partial charge in [0.15, 0.2) is 0 Å². The van der Waals surface area contributed by atoms with Gasteiger partial charge in [0.2, 0.25) is 0 Å². The number of carboxylic acid groups (broad SMARTS) is 1. The molecule has 0 bridgehead atoms. The molecule has 100 valence electrons. The number of aliphatic carboxylic acids is 1. The van der Waals surface area contributed by atoms with Gasteiger partial charge in [0.1, 0.15) is 5.75 Å². The van der Waals surface area contributed by atoms with Crippen molar-refractivity contribution in [2.45, 2.75) is 19.8 Å². The molecular weight excluding hydrogens is 244 g/mol. The summed E-state index contributed by atoms with van der Waals surface area (Å²) in [5, 5.41) is 15.5. The standard InChI is InChI=1S/C14H16N2O3/c1-3-9-6-10(4-5-13(9)19-2)11-8-15-16-12(11)7-14(17)18/h4-6,8H,3,7H2,1-2H3,(H,15,16)(H,17,18). The van der Waals surface area contributed by atoms with Crippen LogP contribution in [0.4, 0.5) is 0 Å². The minimum atomic E-state index is -0.880. The topological polar surface area (TPSA) is 75.2 Å². The van der Waals surface area contributed by atoms with E-state index in [2.05, 4.69) is 17.1 Å². The number of nitrogens with one attached hydrogen (secondary N) is 1. The molecule has 1 heterocycles. The third-order valence-electron chi connectivity index (χ3n) is 3.02. The van der Waals surface area contributed by atoms with Crippen molar-refractivity contribution < 1.29 is 14.6 Å². The summed E-state index contributed by atoms with van der Waals surface area (Å²) in [5.41, 5.74) is 3.46. The lowest BCUT2D eigenvalue weighted by Crippen LogP contribution is -2.02. The van der Waals surface area contributed by atoms with Crippen molar-refractivity contribution in [1.29, 1.82) is 0 Å². The summed E-state index contributed by atoms with van der Waals surface area (Å²) in [6.07, 6.45) is 2.44. The fraction of sp³-hybridized carbons (Fsp3) is 0.286. The number of carboxylic acids is 1. The van der Waals surface area contributed by atoms with E-state index in [0.717, 1.165) is 28.9 Å². The van der Waals surface area contributed by atoms with Crippen LogP contribution < -0.4 is 4.74 Å². The van der Waals surface area contributed by atoms with E-state index in [1.807, 2.05) is 18.2 Å². The average molecular weight is 260 g/mol. The van der Waals surface area contributed by atoms with Crippen molar-refractivity contribution in [3.8, 4) is 16.9 Å². The van der Waals surface area contributed by atoms with Crippen LogP contribution in [0.25, 0.3) is 11.1 Å². The highest BCUT2D eigenvalue weighted by Gasteiger charge is 2.12. The first-order chi connectivity index (χ1) is 9.15. The molecule has 0 saturated carbocycles. The van der Waals surface area contributed by atoms with E-state index < -0.39 is 5.97 Å². The summed E-state index contributed by atoms with van der Waals surface area (Å²) in [6.45, 7) is 2.05. The third kappa shape index (κ3) is 2.76. The van der Waals surface area contributed by atoms with Gasteiger partial charge in [-0.2, -0.15) is 5.10 Å². The Bertz CT molecular complexity index is 590. The first-order valence-electron chi connectivity index (χ1n) is 6.07. The Morgan fingerprint density at radius 1 is 1.47 bits per heavy atom. The molecule has 2 aromatic rings. The maximum Gasteiger partial charge on any atom is 0.309 e. The van der Waals surface area contributed by atoms with Gasteiger partial charge in [-0.15, -0.1) is 0 Å². The zero-order chi connectivity index (χ0) is 13.8. The van der Waals surface area contributed by atoms with Crippen LogP contribution in [0.15, 0.2) is 24.4 Å². The van der Waals surface area contributed by atoms with Gasteiger partial charge in [-0.05, 0) is 29.7 Å². The maximum atomic E-state index is 10.8. The normalized spacial score (nSPS) is 10.4. The van der Waals surface area contributed by atoms with Crippen molar-refractivity contribution >= 4 is 5.97 Å². The molecule has 0 amide bonds. The van der Waals surface area contributed by atoms with Crippen LogP contribution >= 0.6 is 0 Å². The lowest BCUT2D eigenvalue weighted by atomic mass is 10.0. The van der Waals surface area contributed by atoms with Crippen molar-refractivity contribution in [3.63, 3.8) is 0 Å². The highest BCUT2D eigenvalue weighted by atomic mass is 16.5. The zero-order valence-corrected chi connectivity index (χ0v) is 10.9. The van der Waals surface area contributed by atoms with Crippen molar-refractivity contribution in [3.05, 3.63) is 35.7 Å². The number of aromatic amines is 1. The molecule has 0 aliphatic heterocycles. The Morgan fingerprint density at radius 2 is 2.26 bits per heavy atom. The summed E-state index contributed by atoms with van der Waals surface area (Å²) in [7, 11) is 1.64. The van der Waals surface area contributed by atoms with E-state index in [-0.39, 0.29) is 6.42 Å². The maximum absolute atomic E-state index is 10.8. The second-order valence-electron chi connectivity index (χ2n) is 4.21. The van der Waals surface area contributed by atoms with Crippen molar-refractivity contribution in [2.24, 2.45) is 0 Å². The Hall–Kier alpha value is -2.30. The molecule has 0 spiro atoms. The molecule has 5 heteroatoms. The summed E-state index contributed by atoms with van der Waals surface area (Å²) >= 11 is 0. The van der Waals surface area contributed by atoms with Crippen LogP contribution in [0.5, 0.6) is 5.75 Å². The largest absolute Gasteiger partial charge is 0.496 e. The van der Waals surface area contributed by atoms with E-state index in [4.69, 9.17) is 9.84 Å². The Kier molecular flexibility index (Phi) is 3.85. The average Bonchev–Trinajstić information content (AvgIpc) is 2.85. The van der Waals surface area contributed by atoms with Gasteiger partial charge < -0.3 is 9.84 Å². The van der Waals surface area contributed by atoms with Crippen molar-refractivity contribution in [1.82, 2.24) is 10.2 Å². The van der Waals surface area contributed by atoms with Crippen LogP contribution in [-0.4, -0.2) is 28.4 Å². The van der Waals surface area contributed by atoms with Gasteiger partial charge in [-0.3, -0.25) is 9.89 Å². The summed E-state index contributed by atoms with van der Waals surface area (Å²) in [4.78, 5) is 10.8. The van der Waals surface area contributed by atoms with E-state index in [1.165, 1.54) is 0 Å². The number of rotatable bonds is 5. The fourth-order valence-electron chi connectivity index (χ4n) is 2.07. The first kappa shape index (κ1) is 13.1. The molecule has 2 rings (SSSR count). The molecule has 0 unspecified atom stereocenters. The monoisotopic (exact) mass is 260 g/mol. The number of hydrogen-bond acceptors (Lipinski definition) is 3. The second kappa shape index (κ2) is 5.56. The van der Waals surface area contributed by atoms with Gasteiger partial charge >= 0.3 is 5.97 Å². The first-order valence-corrected chi connectivity index (χ1v) is 6.07. The predicted octanol–water partition coefficient (Wildman–Crippen LogP) is 2.27. The van der Waals surface area contributed by atoms with E-state index in [9.17, 15) is 4.79 Å². The van der Waals surface area contributed by atoms with Gasteiger partial charge in [0, 0.05) is 5.56 Å². The number of aryl methyl sites for hydroxylation is 1. The fourth-order valence-corrected chi connectivity index (χ4v) is 2.07.